The van der Waals surface area contributed by atoms with Gasteiger partial charge in [-0.15, -0.1) is 0 Å². The van der Waals surface area contributed by atoms with Crippen LogP contribution in [-0.4, -0.2) is 18.1 Å². The minimum Gasteiger partial charge on any atom is -0.467 e. The van der Waals surface area contributed by atoms with Gasteiger partial charge in [-0.2, -0.15) is 10.5 Å². The molecule has 0 unspecified atom stereocenters. The van der Waals surface area contributed by atoms with Gasteiger partial charge in [0.1, 0.15) is 0 Å². The Labute approximate surface area is 103 Å². The lowest BCUT2D eigenvalue weighted by Crippen LogP contribution is -1.96. The highest BCUT2D eigenvalue weighted by Crippen LogP contribution is 2.21. The number of hydrogen-bond donors (Lipinski definition) is 1. The van der Waals surface area contributed by atoms with Gasteiger partial charge in [-0.05, 0) is 18.2 Å². The summed E-state index contributed by atoms with van der Waals surface area (Å²) in [6, 6.07) is 9.17. The van der Waals surface area contributed by atoms with Crippen molar-refractivity contribution in [1.29, 1.82) is 10.5 Å². The van der Waals surface area contributed by atoms with E-state index in [4.69, 9.17) is 10.5 Å². The topological polar surface area (TPSA) is 89.7 Å². The number of rotatable bonds is 4. The molecule has 18 heavy (non-hydrogen) atoms. The Morgan fingerprint density at radius 1 is 1.28 bits per heavy atom. The van der Waals surface area contributed by atoms with E-state index in [0.717, 1.165) is 16.6 Å². The van der Waals surface area contributed by atoms with E-state index in [-0.39, 0.29) is 6.61 Å². The van der Waals surface area contributed by atoms with Crippen LogP contribution < -0.4 is 0 Å². The zero-order valence-electron chi connectivity index (χ0n) is 9.43. The number of benzene rings is 1. The monoisotopic (exact) mass is 239 g/mol. The number of fused-ring (bicyclic) bond motifs is 1. The summed E-state index contributed by atoms with van der Waals surface area (Å²) in [6.07, 6.45) is 0.542. The molecule has 1 N–H and O–H groups in total. The lowest BCUT2D eigenvalue weighted by molar-refractivity contribution is -0.128. The van der Waals surface area contributed by atoms with Gasteiger partial charge >= 0.3 is 0 Å². The fourth-order valence-electron chi connectivity index (χ4n) is 1.80. The number of nitriles is 2. The molecule has 1 aromatic carbocycles. The smallest absolute Gasteiger partial charge is 0.293 e. The number of hydrogen-bond acceptors (Lipinski definition) is 4. The fraction of sp³-hybridized carbons (Fsp3) is 0.154. The van der Waals surface area contributed by atoms with Gasteiger partial charge in [0.15, 0.2) is 0 Å². The molecule has 1 heterocycles. The van der Waals surface area contributed by atoms with Crippen LogP contribution in [0.5, 0.6) is 0 Å². The molecule has 0 radical (unpaired) electrons. The van der Waals surface area contributed by atoms with Crippen LogP contribution >= 0.6 is 0 Å². The van der Waals surface area contributed by atoms with Crippen LogP contribution in [0.4, 0.5) is 0 Å². The summed E-state index contributed by atoms with van der Waals surface area (Å²) in [5, 5.41) is 18.7. The Kier molecular flexibility index (Phi) is 3.26. The van der Waals surface area contributed by atoms with Gasteiger partial charge in [0.25, 0.3) is 6.47 Å². The molecule has 0 fully saturated rings. The zero-order chi connectivity index (χ0) is 13.0. The van der Waals surface area contributed by atoms with E-state index in [9.17, 15) is 4.79 Å². The Bertz CT molecular complexity index is 674. The molecule has 0 spiro atoms. The molecule has 0 saturated heterocycles. The Morgan fingerprint density at radius 2 is 2.11 bits per heavy atom. The second-order valence-electron chi connectivity index (χ2n) is 3.72. The van der Waals surface area contributed by atoms with E-state index in [1.54, 1.807) is 12.1 Å². The molecule has 5 heteroatoms. The first kappa shape index (κ1) is 11.7. The maximum absolute atomic E-state index is 10.0. The number of nitrogens with zero attached hydrogens (tertiary/aromatic N) is 2. The summed E-state index contributed by atoms with van der Waals surface area (Å²) in [7, 11) is 0. The van der Waals surface area contributed by atoms with Crippen LogP contribution in [0, 0.1) is 22.7 Å². The SMILES string of the molecule is N#Cc1cc(C#N)c2cc(CCOC=O)[nH]c2c1. The Hall–Kier alpha value is -2.79. The van der Waals surface area contributed by atoms with E-state index < -0.39 is 0 Å². The van der Waals surface area contributed by atoms with Crippen molar-refractivity contribution in [1.82, 2.24) is 4.98 Å². The fourth-order valence-corrected chi connectivity index (χ4v) is 1.80. The van der Waals surface area contributed by atoms with E-state index in [0.29, 0.717) is 24.0 Å². The second-order valence-corrected chi connectivity index (χ2v) is 3.72. The third-order valence-corrected chi connectivity index (χ3v) is 2.60. The largest absolute Gasteiger partial charge is 0.467 e. The van der Waals surface area contributed by atoms with E-state index in [1.807, 2.05) is 12.1 Å². The standard InChI is InChI=1S/C13H9N3O2/c14-6-9-3-10(7-15)12-5-11(1-2-18-8-17)16-13(12)4-9/h3-5,8,16H,1-2H2. The number of carbonyl (C=O) groups is 1. The maximum atomic E-state index is 10.0. The summed E-state index contributed by atoms with van der Waals surface area (Å²) >= 11 is 0. The summed E-state index contributed by atoms with van der Waals surface area (Å²) in [5.41, 5.74) is 2.50. The molecule has 0 aliphatic rings. The average molecular weight is 239 g/mol. The summed E-state index contributed by atoms with van der Waals surface area (Å²) in [5.74, 6) is 0. The van der Waals surface area contributed by atoms with Gasteiger partial charge in [0.2, 0.25) is 0 Å². The highest BCUT2D eigenvalue weighted by atomic mass is 16.5. The van der Waals surface area contributed by atoms with Crippen molar-refractivity contribution in [2.45, 2.75) is 6.42 Å². The average Bonchev–Trinajstić information content (AvgIpc) is 2.80. The van der Waals surface area contributed by atoms with Crippen molar-refractivity contribution in [3.8, 4) is 12.1 Å². The Morgan fingerprint density at radius 3 is 2.78 bits per heavy atom. The van der Waals surface area contributed by atoms with Crippen LogP contribution in [0.2, 0.25) is 0 Å². The molecule has 0 atom stereocenters. The first-order valence-electron chi connectivity index (χ1n) is 5.29. The highest BCUT2D eigenvalue weighted by Gasteiger charge is 2.07. The number of carbonyl (C=O) groups excluding carboxylic acids is 1. The predicted octanol–water partition coefficient (Wildman–Crippen LogP) is 1.63. The number of H-pyrrole nitrogens is 1. The molecule has 0 amide bonds. The lowest BCUT2D eigenvalue weighted by atomic mass is 10.1. The highest BCUT2D eigenvalue weighted by molar-refractivity contribution is 5.87. The number of aromatic nitrogens is 1. The molecular weight excluding hydrogens is 230 g/mol. The van der Waals surface area contributed by atoms with Crippen molar-refractivity contribution in [2.75, 3.05) is 6.61 Å². The van der Waals surface area contributed by atoms with E-state index in [2.05, 4.69) is 15.8 Å². The normalized spacial score (nSPS) is 9.67. The van der Waals surface area contributed by atoms with Gasteiger partial charge in [-0.3, -0.25) is 4.79 Å². The third kappa shape index (κ3) is 2.16. The van der Waals surface area contributed by atoms with Crippen molar-refractivity contribution in [3.05, 3.63) is 35.0 Å². The summed E-state index contributed by atoms with van der Waals surface area (Å²) in [4.78, 5) is 13.1. The molecule has 0 saturated carbocycles. The maximum Gasteiger partial charge on any atom is 0.293 e. The first-order valence-corrected chi connectivity index (χ1v) is 5.29. The summed E-state index contributed by atoms with van der Waals surface area (Å²) < 4.78 is 4.62. The molecule has 2 rings (SSSR count). The Balaban J connectivity index is 2.41. The molecular formula is C13H9N3O2. The number of ether oxygens (including phenoxy) is 1. The molecule has 0 aliphatic carbocycles. The molecule has 1 aromatic heterocycles. The summed E-state index contributed by atoms with van der Waals surface area (Å²) in [6.45, 7) is 0.681. The molecule has 2 aromatic rings. The van der Waals surface area contributed by atoms with Crippen molar-refractivity contribution in [3.63, 3.8) is 0 Å². The minimum absolute atomic E-state index is 0.281. The second kappa shape index (κ2) is 5.03. The zero-order valence-corrected chi connectivity index (χ0v) is 9.43. The predicted molar refractivity (Wildman–Crippen MR) is 63.4 cm³/mol. The first-order chi connectivity index (χ1) is 8.78. The quantitative estimate of drug-likeness (QED) is 0.648. The molecule has 0 aliphatic heterocycles. The van der Waals surface area contributed by atoms with Crippen molar-refractivity contribution >= 4 is 17.4 Å². The van der Waals surface area contributed by atoms with E-state index >= 15 is 0 Å². The molecule has 88 valence electrons. The van der Waals surface area contributed by atoms with Gasteiger partial charge in [-0.25, -0.2) is 0 Å². The van der Waals surface area contributed by atoms with Crippen LogP contribution in [0.15, 0.2) is 18.2 Å². The lowest BCUT2D eigenvalue weighted by Gasteiger charge is -1.95. The minimum atomic E-state index is 0.281. The van der Waals surface area contributed by atoms with Gasteiger partial charge in [0, 0.05) is 23.0 Å². The van der Waals surface area contributed by atoms with Gasteiger partial charge < -0.3 is 9.72 Å². The van der Waals surface area contributed by atoms with Gasteiger partial charge in [-0.1, -0.05) is 0 Å². The number of aromatic amines is 1. The molecule has 0 bridgehead atoms. The van der Waals surface area contributed by atoms with Crippen LogP contribution in [0.1, 0.15) is 16.8 Å². The third-order valence-electron chi connectivity index (χ3n) is 2.60. The van der Waals surface area contributed by atoms with Crippen molar-refractivity contribution < 1.29 is 9.53 Å². The van der Waals surface area contributed by atoms with Crippen LogP contribution in [0.25, 0.3) is 10.9 Å². The van der Waals surface area contributed by atoms with E-state index in [1.165, 1.54) is 0 Å². The van der Waals surface area contributed by atoms with Gasteiger partial charge in [0.05, 0.1) is 29.9 Å². The van der Waals surface area contributed by atoms with Crippen LogP contribution in [0.3, 0.4) is 0 Å². The van der Waals surface area contributed by atoms with Crippen LogP contribution in [-0.2, 0) is 16.0 Å². The molecule has 5 nitrogen and oxygen atoms in total. The van der Waals surface area contributed by atoms with Crippen molar-refractivity contribution in [2.24, 2.45) is 0 Å². The number of nitrogens with one attached hydrogen (secondary N) is 1.